The molecule has 0 aliphatic carbocycles. The largest absolute Gasteiger partial charge is 0.383 e. The Morgan fingerprint density at radius 3 is 2.65 bits per heavy atom. The predicted octanol–water partition coefficient (Wildman–Crippen LogP) is 2.26. The molecule has 1 aliphatic heterocycles. The van der Waals surface area contributed by atoms with Crippen LogP contribution >= 0.6 is 12.2 Å². The lowest BCUT2D eigenvalue weighted by Gasteiger charge is -2.28. The quantitative estimate of drug-likeness (QED) is 0.785. The van der Waals surface area contributed by atoms with Gasteiger partial charge in [-0.15, -0.1) is 0 Å². The van der Waals surface area contributed by atoms with E-state index in [4.69, 9.17) is 17.0 Å². The first-order valence-electron chi connectivity index (χ1n) is 6.39. The zero-order valence-corrected chi connectivity index (χ0v) is 12.6. The monoisotopic (exact) mass is 258 g/mol. The average Bonchev–Trinajstić information content (AvgIpc) is 2.65. The lowest BCUT2D eigenvalue weighted by atomic mass is 9.80. The van der Waals surface area contributed by atoms with Gasteiger partial charge in [0, 0.05) is 26.2 Å². The van der Waals surface area contributed by atoms with Crippen molar-refractivity contribution in [3.8, 4) is 0 Å². The van der Waals surface area contributed by atoms with Crippen LogP contribution < -0.4 is 5.32 Å². The third-order valence-electron chi connectivity index (χ3n) is 3.49. The Kier molecular flexibility index (Phi) is 5.20. The molecule has 1 N–H and O–H groups in total. The Balaban J connectivity index is 2.40. The zero-order chi connectivity index (χ0) is 13.1. The van der Waals surface area contributed by atoms with E-state index in [0.29, 0.717) is 12.0 Å². The van der Waals surface area contributed by atoms with E-state index in [1.807, 2.05) is 0 Å². The topological polar surface area (TPSA) is 24.5 Å². The van der Waals surface area contributed by atoms with E-state index >= 15 is 0 Å². The molecule has 17 heavy (non-hydrogen) atoms. The third-order valence-corrected chi connectivity index (χ3v) is 3.86. The number of rotatable bonds is 3. The van der Waals surface area contributed by atoms with Gasteiger partial charge in [0.25, 0.3) is 0 Å². The highest BCUT2D eigenvalue weighted by molar-refractivity contribution is 7.80. The summed E-state index contributed by atoms with van der Waals surface area (Å²) in [6, 6.07) is 0.279. The summed E-state index contributed by atoms with van der Waals surface area (Å²) in [5.41, 5.74) is 0.377. The molecule has 0 amide bonds. The maximum Gasteiger partial charge on any atom is 0.169 e. The first-order chi connectivity index (χ1) is 7.84. The van der Waals surface area contributed by atoms with Crippen LogP contribution in [0.4, 0.5) is 0 Å². The number of ether oxygens (including phenoxy) is 1. The highest BCUT2D eigenvalue weighted by Gasteiger charge is 2.32. The van der Waals surface area contributed by atoms with E-state index in [1.165, 1.54) is 6.42 Å². The van der Waals surface area contributed by atoms with Crippen LogP contribution in [-0.2, 0) is 4.74 Å². The van der Waals surface area contributed by atoms with Gasteiger partial charge in [0.15, 0.2) is 5.11 Å². The second-order valence-electron chi connectivity index (χ2n) is 6.10. The van der Waals surface area contributed by atoms with Crippen LogP contribution in [-0.4, -0.2) is 42.9 Å². The molecule has 2 unspecified atom stereocenters. The molecule has 1 heterocycles. The molecule has 0 saturated carbocycles. The van der Waals surface area contributed by atoms with Crippen LogP contribution in [0.2, 0.25) is 0 Å². The van der Waals surface area contributed by atoms with Crippen molar-refractivity contribution in [3.63, 3.8) is 0 Å². The zero-order valence-electron chi connectivity index (χ0n) is 11.7. The molecule has 0 spiro atoms. The summed E-state index contributed by atoms with van der Waals surface area (Å²) in [6.45, 7) is 11.9. The van der Waals surface area contributed by atoms with Crippen molar-refractivity contribution < 1.29 is 4.74 Å². The summed E-state index contributed by atoms with van der Waals surface area (Å²) < 4.78 is 5.10. The average molecular weight is 258 g/mol. The molecule has 1 aliphatic rings. The minimum absolute atomic E-state index is 0.279. The van der Waals surface area contributed by atoms with Crippen LogP contribution in [0.25, 0.3) is 0 Å². The summed E-state index contributed by atoms with van der Waals surface area (Å²) in [5, 5.41) is 4.20. The number of methoxy groups -OCH3 is 1. The molecule has 3 nitrogen and oxygen atoms in total. The summed E-state index contributed by atoms with van der Waals surface area (Å²) >= 11 is 5.44. The highest BCUT2D eigenvalue weighted by Crippen LogP contribution is 2.33. The molecule has 0 aromatic heterocycles. The molecular weight excluding hydrogens is 232 g/mol. The Morgan fingerprint density at radius 2 is 2.18 bits per heavy atom. The van der Waals surface area contributed by atoms with Gasteiger partial charge >= 0.3 is 0 Å². The molecule has 1 fully saturated rings. The van der Waals surface area contributed by atoms with Crippen LogP contribution in [0, 0.1) is 11.3 Å². The van der Waals surface area contributed by atoms with Gasteiger partial charge in [0.05, 0.1) is 6.61 Å². The van der Waals surface area contributed by atoms with Crippen molar-refractivity contribution in [2.75, 3.05) is 26.8 Å². The highest BCUT2D eigenvalue weighted by atomic mass is 32.1. The van der Waals surface area contributed by atoms with E-state index in [1.54, 1.807) is 7.11 Å². The van der Waals surface area contributed by atoms with Gasteiger partial charge < -0.3 is 15.0 Å². The summed E-state index contributed by atoms with van der Waals surface area (Å²) in [5.74, 6) is 0.736. The van der Waals surface area contributed by atoms with Gasteiger partial charge in [-0.25, -0.2) is 0 Å². The van der Waals surface area contributed by atoms with Crippen LogP contribution in [0.3, 0.4) is 0 Å². The van der Waals surface area contributed by atoms with Crippen LogP contribution in [0.15, 0.2) is 0 Å². The lowest BCUT2D eigenvalue weighted by molar-refractivity contribution is 0.178. The molecule has 2 atom stereocenters. The van der Waals surface area contributed by atoms with Gasteiger partial charge in [-0.2, -0.15) is 0 Å². The number of nitrogens with zero attached hydrogens (tertiary/aromatic N) is 1. The number of thiocarbonyl (C=S) groups is 1. The van der Waals surface area contributed by atoms with Gasteiger partial charge in [0.1, 0.15) is 0 Å². The van der Waals surface area contributed by atoms with Crippen molar-refractivity contribution in [3.05, 3.63) is 0 Å². The van der Waals surface area contributed by atoms with Gasteiger partial charge in [-0.05, 0) is 36.9 Å². The fourth-order valence-corrected chi connectivity index (χ4v) is 2.61. The van der Waals surface area contributed by atoms with E-state index in [-0.39, 0.29) is 6.04 Å². The molecule has 0 aromatic carbocycles. The maximum atomic E-state index is 5.44. The minimum atomic E-state index is 0.279. The lowest BCUT2D eigenvalue weighted by Crippen LogP contribution is -2.44. The third kappa shape index (κ3) is 4.43. The van der Waals surface area contributed by atoms with E-state index in [2.05, 4.69) is 37.9 Å². The molecular formula is C13H26N2OS. The molecule has 0 bridgehead atoms. The molecule has 0 aromatic rings. The standard InChI is InChI=1S/C13H26N2OS/c1-10(9-16-5)14-12(17)15-7-6-11(8-15)13(2,3)4/h10-11H,6-9H2,1-5H3,(H,14,17). The number of hydrogen-bond acceptors (Lipinski definition) is 2. The van der Waals surface area contributed by atoms with Crippen molar-refractivity contribution in [2.24, 2.45) is 11.3 Å². The van der Waals surface area contributed by atoms with Gasteiger partial charge in [-0.3, -0.25) is 0 Å². The Bertz CT molecular complexity index is 263. The number of nitrogens with one attached hydrogen (secondary N) is 1. The summed E-state index contributed by atoms with van der Waals surface area (Å²) in [6.07, 6.45) is 1.24. The summed E-state index contributed by atoms with van der Waals surface area (Å²) in [4.78, 5) is 2.29. The Morgan fingerprint density at radius 1 is 1.53 bits per heavy atom. The normalized spacial score (nSPS) is 22.6. The fourth-order valence-electron chi connectivity index (χ4n) is 2.25. The van der Waals surface area contributed by atoms with E-state index in [9.17, 15) is 0 Å². The van der Waals surface area contributed by atoms with Crippen LogP contribution in [0.1, 0.15) is 34.1 Å². The van der Waals surface area contributed by atoms with Crippen molar-refractivity contribution in [1.82, 2.24) is 10.2 Å². The molecule has 0 radical (unpaired) electrons. The van der Waals surface area contributed by atoms with Crippen LogP contribution in [0.5, 0.6) is 0 Å². The van der Waals surface area contributed by atoms with Crippen molar-refractivity contribution in [1.29, 1.82) is 0 Å². The molecule has 4 heteroatoms. The molecule has 100 valence electrons. The van der Waals surface area contributed by atoms with E-state index < -0.39 is 0 Å². The first kappa shape index (κ1) is 14.7. The van der Waals surface area contributed by atoms with E-state index in [0.717, 1.165) is 24.1 Å². The van der Waals surface area contributed by atoms with Crippen molar-refractivity contribution >= 4 is 17.3 Å². The van der Waals surface area contributed by atoms with Gasteiger partial charge in [0.2, 0.25) is 0 Å². The predicted molar refractivity (Wildman–Crippen MR) is 76.2 cm³/mol. The van der Waals surface area contributed by atoms with Crippen molar-refractivity contribution in [2.45, 2.75) is 40.2 Å². The SMILES string of the molecule is COCC(C)NC(=S)N1CCC(C(C)(C)C)C1. The Hall–Kier alpha value is -0.350. The fraction of sp³-hybridized carbons (Fsp3) is 0.923. The summed E-state index contributed by atoms with van der Waals surface area (Å²) in [7, 11) is 1.71. The second-order valence-corrected chi connectivity index (χ2v) is 6.49. The smallest absolute Gasteiger partial charge is 0.169 e. The minimum Gasteiger partial charge on any atom is -0.383 e. The Labute approximate surface area is 111 Å². The van der Waals surface area contributed by atoms with Gasteiger partial charge in [-0.1, -0.05) is 20.8 Å². The molecule has 1 saturated heterocycles. The number of likely N-dealkylation sites (tertiary alicyclic amines) is 1. The second kappa shape index (κ2) is 6.01. The molecule has 1 rings (SSSR count). The first-order valence-corrected chi connectivity index (χ1v) is 6.79. The number of hydrogen-bond donors (Lipinski definition) is 1. The maximum absolute atomic E-state index is 5.44.